The van der Waals surface area contributed by atoms with Crippen LogP contribution in [0.2, 0.25) is 5.02 Å². The lowest BCUT2D eigenvalue weighted by Crippen LogP contribution is -2.10. The summed E-state index contributed by atoms with van der Waals surface area (Å²) in [6, 6.07) is 5.28. The summed E-state index contributed by atoms with van der Waals surface area (Å²) in [5.41, 5.74) is 6.92. The first-order valence-electron chi connectivity index (χ1n) is 4.65. The number of halogens is 1. The van der Waals surface area contributed by atoms with Crippen molar-refractivity contribution in [2.75, 3.05) is 24.7 Å². The number of nitrogens with two attached hydrogens (primary N) is 1. The topological polar surface area (TPSA) is 68.2 Å². The summed E-state index contributed by atoms with van der Waals surface area (Å²) in [5.74, 6) is 0.859. The minimum Gasteiger partial charge on any atom is -0.397 e. The van der Waals surface area contributed by atoms with Gasteiger partial charge in [0.25, 0.3) is 11.8 Å². The summed E-state index contributed by atoms with van der Waals surface area (Å²) >= 11 is 5.91. The Morgan fingerprint density at radius 3 is 2.75 bits per heavy atom. The minimum absolute atomic E-state index is 0.365. The molecule has 0 spiro atoms. The Morgan fingerprint density at radius 2 is 2.12 bits per heavy atom. The van der Waals surface area contributed by atoms with E-state index >= 15 is 0 Å². The number of rotatable bonds is 2. The van der Waals surface area contributed by atoms with E-state index in [0.29, 0.717) is 28.1 Å². The number of benzene rings is 1. The molecule has 0 aliphatic carbocycles. The van der Waals surface area contributed by atoms with Crippen LogP contribution in [0.4, 0.5) is 11.6 Å². The number of para-hydroxylation sites is 1. The molecule has 1 heterocycles. The van der Waals surface area contributed by atoms with Crippen molar-refractivity contribution >= 4 is 23.2 Å². The van der Waals surface area contributed by atoms with Crippen molar-refractivity contribution in [2.24, 2.45) is 0 Å². The van der Waals surface area contributed by atoms with E-state index in [1.54, 1.807) is 23.1 Å². The predicted molar refractivity (Wildman–Crippen MR) is 63.5 cm³/mol. The molecule has 0 radical (unpaired) electrons. The Morgan fingerprint density at radius 1 is 1.38 bits per heavy atom. The molecule has 2 aromatic rings. The van der Waals surface area contributed by atoms with Crippen LogP contribution in [-0.4, -0.2) is 24.2 Å². The quantitative estimate of drug-likeness (QED) is 0.811. The van der Waals surface area contributed by atoms with Gasteiger partial charge in [-0.3, -0.25) is 0 Å². The molecule has 5 nitrogen and oxygen atoms in total. The lowest BCUT2D eigenvalue weighted by Gasteiger charge is -2.03. The fourth-order valence-corrected chi connectivity index (χ4v) is 1.40. The normalized spacial score (nSPS) is 10.4. The predicted octanol–water partition coefficient (Wildman–Crippen LogP) is 2.04. The lowest BCUT2D eigenvalue weighted by atomic mass is 10.2. The van der Waals surface area contributed by atoms with Crippen LogP contribution in [0.15, 0.2) is 22.7 Å². The molecular formula is C10H11ClN4O. The summed E-state index contributed by atoms with van der Waals surface area (Å²) in [4.78, 5) is 5.94. The second-order valence-electron chi connectivity index (χ2n) is 3.50. The smallest absolute Gasteiger partial charge is 0.265 e. The van der Waals surface area contributed by atoms with E-state index in [9.17, 15) is 0 Å². The molecule has 0 bridgehead atoms. The lowest BCUT2D eigenvalue weighted by molar-refractivity contribution is 0.431. The molecule has 0 atom stereocenters. The maximum Gasteiger partial charge on any atom is 0.265 e. The standard InChI is InChI=1S/C10H11ClN4O/c1-15(2)10-13-9(16-14-10)6-4-3-5-7(11)8(6)12/h3-5H,12H2,1-2H3. The second-order valence-corrected chi connectivity index (χ2v) is 3.90. The summed E-state index contributed by atoms with van der Waals surface area (Å²) < 4.78 is 5.11. The average molecular weight is 239 g/mol. The van der Waals surface area contributed by atoms with E-state index < -0.39 is 0 Å². The molecule has 0 saturated carbocycles. The zero-order valence-corrected chi connectivity index (χ0v) is 9.69. The van der Waals surface area contributed by atoms with Gasteiger partial charge in [-0.05, 0) is 17.3 Å². The van der Waals surface area contributed by atoms with Crippen molar-refractivity contribution in [3.63, 3.8) is 0 Å². The molecule has 2 rings (SSSR count). The Labute approximate surface area is 97.8 Å². The monoisotopic (exact) mass is 238 g/mol. The highest BCUT2D eigenvalue weighted by atomic mass is 35.5. The third-order valence-electron chi connectivity index (χ3n) is 2.10. The van der Waals surface area contributed by atoms with Crippen molar-refractivity contribution in [3.05, 3.63) is 23.2 Å². The van der Waals surface area contributed by atoms with Gasteiger partial charge < -0.3 is 15.2 Å². The average Bonchev–Trinajstić information content (AvgIpc) is 2.71. The van der Waals surface area contributed by atoms with Gasteiger partial charge in [-0.15, -0.1) is 0 Å². The van der Waals surface area contributed by atoms with Crippen LogP contribution >= 0.6 is 11.6 Å². The molecule has 0 aliphatic rings. The number of anilines is 2. The van der Waals surface area contributed by atoms with Gasteiger partial charge in [-0.2, -0.15) is 4.98 Å². The number of hydrogen-bond acceptors (Lipinski definition) is 5. The van der Waals surface area contributed by atoms with Crippen molar-refractivity contribution in [3.8, 4) is 11.5 Å². The minimum atomic E-state index is 0.365. The summed E-state index contributed by atoms with van der Waals surface area (Å²) in [6.07, 6.45) is 0. The molecule has 2 N–H and O–H groups in total. The molecule has 1 aromatic carbocycles. The van der Waals surface area contributed by atoms with Gasteiger partial charge in [0.05, 0.1) is 16.3 Å². The van der Waals surface area contributed by atoms with E-state index in [1.165, 1.54) is 0 Å². The third-order valence-corrected chi connectivity index (χ3v) is 2.43. The van der Waals surface area contributed by atoms with Crippen LogP contribution < -0.4 is 10.6 Å². The Bertz CT molecular complexity index is 509. The molecule has 1 aromatic heterocycles. The van der Waals surface area contributed by atoms with Gasteiger partial charge in [-0.1, -0.05) is 17.7 Å². The zero-order chi connectivity index (χ0) is 11.7. The second kappa shape index (κ2) is 4.02. The van der Waals surface area contributed by atoms with Crippen molar-refractivity contribution in [1.29, 1.82) is 0 Å². The molecule has 84 valence electrons. The fraction of sp³-hybridized carbons (Fsp3) is 0.200. The number of hydrogen-bond donors (Lipinski definition) is 1. The van der Waals surface area contributed by atoms with Crippen LogP contribution in [0.1, 0.15) is 0 Å². The van der Waals surface area contributed by atoms with Gasteiger partial charge in [0, 0.05) is 14.1 Å². The summed E-state index contributed by atoms with van der Waals surface area (Å²) in [6.45, 7) is 0. The van der Waals surface area contributed by atoms with Crippen LogP contribution in [0.3, 0.4) is 0 Å². The zero-order valence-electron chi connectivity index (χ0n) is 8.94. The summed E-state index contributed by atoms with van der Waals surface area (Å²) in [7, 11) is 3.66. The highest BCUT2D eigenvalue weighted by molar-refractivity contribution is 6.33. The van der Waals surface area contributed by atoms with E-state index in [-0.39, 0.29) is 0 Å². The van der Waals surface area contributed by atoms with E-state index in [2.05, 4.69) is 10.1 Å². The maximum absolute atomic E-state index is 5.91. The first kappa shape index (κ1) is 10.8. The molecule has 6 heteroatoms. The first-order valence-corrected chi connectivity index (χ1v) is 5.03. The SMILES string of the molecule is CN(C)c1noc(-c2cccc(Cl)c2N)n1. The molecular weight excluding hydrogens is 228 g/mol. The van der Waals surface area contributed by atoms with Crippen molar-refractivity contribution in [2.45, 2.75) is 0 Å². The molecule has 16 heavy (non-hydrogen) atoms. The molecule has 0 aliphatic heterocycles. The van der Waals surface area contributed by atoms with Crippen LogP contribution in [0, 0.1) is 0 Å². The largest absolute Gasteiger partial charge is 0.397 e. The summed E-state index contributed by atoms with van der Waals surface area (Å²) in [5, 5.41) is 4.28. The number of nitrogen functional groups attached to an aromatic ring is 1. The first-order chi connectivity index (χ1) is 7.59. The van der Waals surface area contributed by atoms with Gasteiger partial charge in [0.15, 0.2) is 0 Å². The fourth-order valence-electron chi connectivity index (χ4n) is 1.23. The van der Waals surface area contributed by atoms with E-state index in [1.807, 2.05) is 14.1 Å². The van der Waals surface area contributed by atoms with E-state index in [4.69, 9.17) is 21.9 Å². The van der Waals surface area contributed by atoms with Gasteiger partial charge in [0.2, 0.25) is 0 Å². The Hall–Kier alpha value is -1.75. The highest BCUT2D eigenvalue weighted by Gasteiger charge is 2.13. The van der Waals surface area contributed by atoms with Crippen LogP contribution in [0.25, 0.3) is 11.5 Å². The van der Waals surface area contributed by atoms with Crippen molar-refractivity contribution < 1.29 is 4.52 Å². The third kappa shape index (κ3) is 1.81. The van der Waals surface area contributed by atoms with Crippen LogP contribution in [0.5, 0.6) is 0 Å². The Balaban J connectivity index is 2.47. The van der Waals surface area contributed by atoms with Crippen molar-refractivity contribution in [1.82, 2.24) is 10.1 Å². The van der Waals surface area contributed by atoms with Gasteiger partial charge in [0.1, 0.15) is 0 Å². The van der Waals surface area contributed by atoms with Crippen LogP contribution in [-0.2, 0) is 0 Å². The Kier molecular flexibility index (Phi) is 2.70. The number of aromatic nitrogens is 2. The highest BCUT2D eigenvalue weighted by Crippen LogP contribution is 2.30. The van der Waals surface area contributed by atoms with Gasteiger partial charge in [-0.25, -0.2) is 0 Å². The van der Waals surface area contributed by atoms with E-state index in [0.717, 1.165) is 0 Å². The molecule has 0 unspecified atom stereocenters. The van der Waals surface area contributed by atoms with Gasteiger partial charge >= 0.3 is 0 Å². The molecule has 0 fully saturated rings. The maximum atomic E-state index is 5.91. The molecule has 0 amide bonds. The number of nitrogens with zero attached hydrogens (tertiary/aromatic N) is 3. The molecule has 0 saturated heterocycles.